The number of rotatable bonds is 5. The Morgan fingerprint density at radius 3 is 2.67 bits per heavy atom. The summed E-state index contributed by atoms with van der Waals surface area (Å²) in [5.74, 6) is 0.481. The van der Waals surface area contributed by atoms with Crippen molar-refractivity contribution in [3.05, 3.63) is 58.2 Å². The second-order valence-electron chi connectivity index (χ2n) is 4.68. The summed E-state index contributed by atoms with van der Waals surface area (Å²) in [5.41, 5.74) is 1.61. The van der Waals surface area contributed by atoms with Gasteiger partial charge in [-0.15, -0.1) is 0 Å². The number of aromatic nitrogens is 1. The van der Waals surface area contributed by atoms with Crippen LogP contribution in [0.15, 0.2) is 47.1 Å². The fraction of sp³-hybridized carbons (Fsp3) is 0.250. The summed E-state index contributed by atoms with van der Waals surface area (Å²) in [6.07, 6.45) is 1.67. The first-order valence-corrected chi connectivity index (χ1v) is 7.66. The molecule has 1 aromatic carbocycles. The molecule has 21 heavy (non-hydrogen) atoms. The Hall–Kier alpha value is -1.88. The van der Waals surface area contributed by atoms with Crippen LogP contribution in [0.5, 0.6) is 0 Å². The van der Waals surface area contributed by atoms with Gasteiger partial charge in [-0.25, -0.2) is 4.98 Å². The standard InChI is InChI=1S/C16H18BrN3O/c1-3-18-15-14(5-4-10-19-15)16(21)20-11(2)12-6-8-13(17)9-7-12/h4-11H,3H2,1-2H3,(H,18,19)(H,20,21). The van der Waals surface area contributed by atoms with Crippen molar-refractivity contribution in [1.29, 1.82) is 0 Å². The van der Waals surface area contributed by atoms with Crippen LogP contribution in [0.2, 0.25) is 0 Å². The van der Waals surface area contributed by atoms with E-state index in [2.05, 4.69) is 31.5 Å². The molecule has 2 rings (SSSR count). The predicted molar refractivity (Wildman–Crippen MR) is 88.4 cm³/mol. The van der Waals surface area contributed by atoms with Crippen molar-refractivity contribution in [3.8, 4) is 0 Å². The van der Waals surface area contributed by atoms with Crippen LogP contribution in [0.1, 0.15) is 35.8 Å². The number of hydrogen-bond acceptors (Lipinski definition) is 3. The smallest absolute Gasteiger partial charge is 0.255 e. The quantitative estimate of drug-likeness (QED) is 0.865. The van der Waals surface area contributed by atoms with Crippen LogP contribution >= 0.6 is 15.9 Å². The maximum Gasteiger partial charge on any atom is 0.255 e. The Labute approximate surface area is 133 Å². The summed E-state index contributed by atoms with van der Waals surface area (Å²) < 4.78 is 1.02. The van der Waals surface area contributed by atoms with Crippen molar-refractivity contribution in [1.82, 2.24) is 10.3 Å². The third kappa shape index (κ3) is 4.04. The average molecular weight is 348 g/mol. The monoisotopic (exact) mass is 347 g/mol. The number of halogens is 1. The Kier molecular flexibility index (Phi) is 5.33. The van der Waals surface area contributed by atoms with Crippen LogP contribution in [0.25, 0.3) is 0 Å². The number of benzene rings is 1. The molecule has 0 fully saturated rings. The first-order chi connectivity index (χ1) is 10.1. The molecule has 1 heterocycles. The number of carbonyl (C=O) groups excluding carboxylic acids is 1. The van der Waals surface area contributed by atoms with Crippen molar-refractivity contribution >= 4 is 27.7 Å². The molecule has 1 unspecified atom stereocenters. The molecule has 0 aliphatic heterocycles. The van der Waals surface area contributed by atoms with Gasteiger partial charge in [0.15, 0.2) is 0 Å². The normalized spacial score (nSPS) is 11.8. The van der Waals surface area contributed by atoms with Crippen LogP contribution in [0.4, 0.5) is 5.82 Å². The molecule has 110 valence electrons. The second kappa shape index (κ2) is 7.22. The molecule has 0 saturated heterocycles. The van der Waals surface area contributed by atoms with Crippen LogP contribution in [0, 0.1) is 0 Å². The lowest BCUT2D eigenvalue weighted by Gasteiger charge is -2.16. The molecule has 2 aromatic rings. The van der Waals surface area contributed by atoms with Gasteiger partial charge < -0.3 is 10.6 Å². The Morgan fingerprint density at radius 1 is 1.29 bits per heavy atom. The fourth-order valence-electron chi connectivity index (χ4n) is 2.01. The van der Waals surface area contributed by atoms with Gasteiger partial charge in [0.25, 0.3) is 5.91 Å². The number of hydrogen-bond donors (Lipinski definition) is 2. The molecule has 0 radical (unpaired) electrons. The van der Waals surface area contributed by atoms with Gasteiger partial charge in [-0.05, 0) is 43.7 Å². The highest BCUT2D eigenvalue weighted by Gasteiger charge is 2.15. The molecule has 4 nitrogen and oxygen atoms in total. The number of anilines is 1. The van der Waals surface area contributed by atoms with Gasteiger partial charge >= 0.3 is 0 Å². The van der Waals surface area contributed by atoms with Gasteiger partial charge in [0, 0.05) is 17.2 Å². The molecule has 1 atom stereocenters. The third-order valence-corrected chi connectivity index (χ3v) is 3.64. The maximum atomic E-state index is 12.4. The summed E-state index contributed by atoms with van der Waals surface area (Å²) in [4.78, 5) is 16.6. The number of nitrogens with zero attached hydrogens (tertiary/aromatic N) is 1. The van der Waals surface area contributed by atoms with Gasteiger partial charge in [0.2, 0.25) is 0 Å². The highest BCUT2D eigenvalue weighted by Crippen LogP contribution is 2.18. The van der Waals surface area contributed by atoms with Gasteiger partial charge in [-0.1, -0.05) is 28.1 Å². The lowest BCUT2D eigenvalue weighted by atomic mass is 10.1. The maximum absolute atomic E-state index is 12.4. The molecule has 0 spiro atoms. The first kappa shape index (κ1) is 15.5. The van der Waals surface area contributed by atoms with Gasteiger partial charge in [-0.3, -0.25) is 4.79 Å². The Bertz CT molecular complexity index is 613. The summed E-state index contributed by atoms with van der Waals surface area (Å²) in [7, 11) is 0. The zero-order valence-corrected chi connectivity index (χ0v) is 13.6. The van der Waals surface area contributed by atoms with Gasteiger partial charge in [0.05, 0.1) is 11.6 Å². The molecule has 0 aliphatic rings. The highest BCUT2D eigenvalue weighted by atomic mass is 79.9. The van der Waals surface area contributed by atoms with Gasteiger partial charge in [-0.2, -0.15) is 0 Å². The molecule has 1 amide bonds. The molecule has 0 saturated carbocycles. The van der Waals surface area contributed by atoms with E-state index in [1.54, 1.807) is 18.3 Å². The molecular weight excluding hydrogens is 330 g/mol. The Balaban J connectivity index is 2.12. The minimum Gasteiger partial charge on any atom is -0.370 e. The van der Waals surface area contributed by atoms with Crippen LogP contribution in [-0.2, 0) is 0 Å². The Morgan fingerprint density at radius 2 is 2.00 bits per heavy atom. The lowest BCUT2D eigenvalue weighted by Crippen LogP contribution is -2.27. The van der Waals surface area contributed by atoms with Crippen molar-refractivity contribution in [2.45, 2.75) is 19.9 Å². The zero-order valence-electron chi connectivity index (χ0n) is 12.1. The minimum absolute atomic E-state index is 0.0692. The molecule has 0 aliphatic carbocycles. The molecule has 5 heteroatoms. The summed E-state index contributed by atoms with van der Waals surface area (Å²) >= 11 is 3.41. The van der Waals surface area contributed by atoms with Gasteiger partial charge in [0.1, 0.15) is 5.82 Å². The summed E-state index contributed by atoms with van der Waals surface area (Å²) in [6, 6.07) is 11.4. The topological polar surface area (TPSA) is 54.0 Å². The second-order valence-corrected chi connectivity index (χ2v) is 5.59. The minimum atomic E-state index is -0.130. The van der Waals surface area contributed by atoms with Crippen molar-refractivity contribution < 1.29 is 4.79 Å². The molecule has 0 bridgehead atoms. The first-order valence-electron chi connectivity index (χ1n) is 6.87. The van der Waals surface area contributed by atoms with Crippen LogP contribution in [-0.4, -0.2) is 17.4 Å². The largest absolute Gasteiger partial charge is 0.370 e. The van der Waals surface area contributed by atoms with E-state index in [0.29, 0.717) is 11.4 Å². The third-order valence-electron chi connectivity index (χ3n) is 3.11. The number of amides is 1. The number of nitrogens with one attached hydrogen (secondary N) is 2. The van der Waals surface area contributed by atoms with Crippen molar-refractivity contribution in [3.63, 3.8) is 0 Å². The van der Waals surface area contributed by atoms with E-state index < -0.39 is 0 Å². The van der Waals surface area contributed by atoms with E-state index >= 15 is 0 Å². The SMILES string of the molecule is CCNc1ncccc1C(=O)NC(C)c1ccc(Br)cc1. The lowest BCUT2D eigenvalue weighted by molar-refractivity contribution is 0.0940. The van der Waals surface area contributed by atoms with E-state index in [-0.39, 0.29) is 11.9 Å². The summed E-state index contributed by atoms with van der Waals surface area (Å²) in [5, 5.41) is 6.10. The van der Waals surface area contributed by atoms with Crippen molar-refractivity contribution in [2.24, 2.45) is 0 Å². The van der Waals surface area contributed by atoms with E-state index in [0.717, 1.165) is 16.6 Å². The fourth-order valence-corrected chi connectivity index (χ4v) is 2.27. The molecule has 1 aromatic heterocycles. The number of carbonyl (C=O) groups is 1. The van der Waals surface area contributed by atoms with E-state index in [4.69, 9.17) is 0 Å². The molecular formula is C16H18BrN3O. The van der Waals surface area contributed by atoms with Crippen LogP contribution < -0.4 is 10.6 Å². The molecule has 2 N–H and O–H groups in total. The van der Waals surface area contributed by atoms with E-state index in [1.807, 2.05) is 38.1 Å². The summed E-state index contributed by atoms with van der Waals surface area (Å²) in [6.45, 7) is 4.66. The zero-order chi connectivity index (χ0) is 15.2. The predicted octanol–water partition coefficient (Wildman–Crippen LogP) is 3.77. The van der Waals surface area contributed by atoms with Crippen molar-refractivity contribution in [2.75, 3.05) is 11.9 Å². The average Bonchev–Trinajstić information content (AvgIpc) is 2.48. The highest BCUT2D eigenvalue weighted by molar-refractivity contribution is 9.10. The number of pyridine rings is 1. The van der Waals surface area contributed by atoms with E-state index in [1.165, 1.54) is 0 Å². The van der Waals surface area contributed by atoms with Crippen LogP contribution in [0.3, 0.4) is 0 Å². The van der Waals surface area contributed by atoms with E-state index in [9.17, 15) is 4.79 Å².